The van der Waals surface area contributed by atoms with Crippen molar-refractivity contribution in [1.29, 1.82) is 0 Å². The van der Waals surface area contributed by atoms with Gasteiger partial charge in [0.25, 0.3) is 5.91 Å². The van der Waals surface area contributed by atoms with E-state index in [0.717, 1.165) is 6.42 Å². The van der Waals surface area contributed by atoms with Crippen LogP contribution < -0.4 is 10.6 Å². The third-order valence-corrected chi connectivity index (χ3v) is 3.44. The van der Waals surface area contributed by atoms with Crippen molar-refractivity contribution in [3.05, 3.63) is 23.8 Å². The SMILES string of the molecule is CCOC(=O)NC(CNC(=O)c1ccc2n[nH]nc2c1)CC(C)C. The Balaban J connectivity index is 1.95. The van der Waals surface area contributed by atoms with Crippen LogP contribution in [0.2, 0.25) is 0 Å². The van der Waals surface area contributed by atoms with Crippen LogP contribution in [0.1, 0.15) is 37.6 Å². The van der Waals surface area contributed by atoms with Gasteiger partial charge in [0.15, 0.2) is 0 Å². The number of amides is 2. The molecule has 0 radical (unpaired) electrons. The minimum Gasteiger partial charge on any atom is -0.450 e. The Labute approximate surface area is 140 Å². The minimum atomic E-state index is -0.471. The molecule has 0 fully saturated rings. The van der Waals surface area contributed by atoms with E-state index in [1.807, 2.05) is 0 Å². The standard InChI is InChI=1S/C16H23N5O3/c1-4-24-16(23)18-12(7-10(2)3)9-17-15(22)11-5-6-13-14(8-11)20-21-19-13/h5-6,8,10,12H,4,7,9H2,1-3H3,(H,17,22)(H,18,23)(H,19,20,21). The number of aromatic nitrogens is 3. The Morgan fingerprint density at radius 3 is 2.71 bits per heavy atom. The van der Waals surface area contributed by atoms with E-state index in [4.69, 9.17) is 4.74 Å². The van der Waals surface area contributed by atoms with Gasteiger partial charge in [-0.15, -0.1) is 0 Å². The number of H-pyrrole nitrogens is 1. The molecule has 1 aromatic heterocycles. The first-order chi connectivity index (χ1) is 11.5. The van der Waals surface area contributed by atoms with Crippen LogP contribution in [0.4, 0.5) is 4.79 Å². The highest BCUT2D eigenvalue weighted by Gasteiger charge is 2.16. The molecule has 0 spiro atoms. The molecule has 24 heavy (non-hydrogen) atoms. The Morgan fingerprint density at radius 1 is 1.25 bits per heavy atom. The Bertz CT molecular complexity index is 698. The number of carbonyl (C=O) groups is 2. The van der Waals surface area contributed by atoms with Crippen molar-refractivity contribution in [3.63, 3.8) is 0 Å². The molecule has 8 heteroatoms. The van der Waals surface area contributed by atoms with Crippen LogP contribution in [0.3, 0.4) is 0 Å². The van der Waals surface area contributed by atoms with Crippen molar-refractivity contribution in [2.75, 3.05) is 13.2 Å². The summed E-state index contributed by atoms with van der Waals surface area (Å²) in [5, 5.41) is 16.0. The number of nitrogens with zero attached hydrogens (tertiary/aromatic N) is 2. The molecule has 1 aromatic carbocycles. The number of alkyl carbamates (subject to hydrolysis) is 1. The van der Waals surface area contributed by atoms with Gasteiger partial charge in [0.1, 0.15) is 11.0 Å². The van der Waals surface area contributed by atoms with E-state index < -0.39 is 6.09 Å². The zero-order valence-electron chi connectivity index (χ0n) is 14.1. The van der Waals surface area contributed by atoms with Gasteiger partial charge in [0.05, 0.1) is 6.61 Å². The topological polar surface area (TPSA) is 109 Å². The Hall–Kier alpha value is -2.64. The summed E-state index contributed by atoms with van der Waals surface area (Å²) in [7, 11) is 0. The third kappa shape index (κ3) is 4.94. The van der Waals surface area contributed by atoms with E-state index in [1.165, 1.54) is 0 Å². The van der Waals surface area contributed by atoms with Gasteiger partial charge in [-0.1, -0.05) is 13.8 Å². The fraction of sp³-hybridized carbons (Fsp3) is 0.500. The molecule has 0 aliphatic heterocycles. The second-order valence-corrected chi connectivity index (χ2v) is 5.93. The number of benzene rings is 1. The molecule has 3 N–H and O–H groups in total. The van der Waals surface area contributed by atoms with Crippen molar-refractivity contribution in [3.8, 4) is 0 Å². The van der Waals surface area contributed by atoms with Crippen LogP contribution in [0, 0.1) is 5.92 Å². The lowest BCUT2D eigenvalue weighted by molar-refractivity contribution is 0.0944. The molecule has 0 saturated carbocycles. The maximum Gasteiger partial charge on any atom is 0.407 e. The van der Waals surface area contributed by atoms with Crippen molar-refractivity contribution < 1.29 is 14.3 Å². The molecule has 0 aliphatic rings. The third-order valence-electron chi connectivity index (χ3n) is 3.44. The molecule has 8 nitrogen and oxygen atoms in total. The number of hydrogen-bond donors (Lipinski definition) is 3. The maximum atomic E-state index is 12.3. The predicted octanol–water partition coefficient (Wildman–Crippen LogP) is 1.85. The maximum absolute atomic E-state index is 12.3. The van der Waals surface area contributed by atoms with Crippen LogP contribution in [-0.2, 0) is 4.74 Å². The molecule has 0 aliphatic carbocycles. The summed E-state index contributed by atoms with van der Waals surface area (Å²) in [6.45, 7) is 6.50. The first-order valence-electron chi connectivity index (χ1n) is 8.01. The van der Waals surface area contributed by atoms with Gasteiger partial charge in [-0.2, -0.15) is 15.4 Å². The van der Waals surface area contributed by atoms with Crippen molar-refractivity contribution >= 4 is 23.0 Å². The highest BCUT2D eigenvalue weighted by molar-refractivity contribution is 5.97. The molecule has 1 atom stereocenters. The molecule has 0 bridgehead atoms. The number of fused-ring (bicyclic) bond motifs is 1. The molecule has 0 saturated heterocycles. The lowest BCUT2D eigenvalue weighted by Gasteiger charge is -2.20. The van der Waals surface area contributed by atoms with E-state index in [2.05, 4.69) is 39.9 Å². The van der Waals surface area contributed by atoms with Crippen molar-refractivity contribution in [1.82, 2.24) is 26.0 Å². The quantitative estimate of drug-likeness (QED) is 0.716. The van der Waals surface area contributed by atoms with Crippen LogP contribution >= 0.6 is 0 Å². The number of carbonyl (C=O) groups excluding carboxylic acids is 2. The average molecular weight is 333 g/mol. The fourth-order valence-corrected chi connectivity index (χ4v) is 2.40. The zero-order valence-corrected chi connectivity index (χ0v) is 14.1. The summed E-state index contributed by atoms with van der Waals surface area (Å²) < 4.78 is 4.90. The predicted molar refractivity (Wildman–Crippen MR) is 89.6 cm³/mol. The van der Waals surface area contributed by atoms with Gasteiger partial charge in [-0.25, -0.2) is 4.79 Å². The van der Waals surface area contributed by atoms with E-state index in [1.54, 1.807) is 25.1 Å². The fourth-order valence-electron chi connectivity index (χ4n) is 2.40. The highest BCUT2D eigenvalue weighted by Crippen LogP contribution is 2.11. The molecular weight excluding hydrogens is 310 g/mol. The van der Waals surface area contributed by atoms with Crippen molar-refractivity contribution in [2.24, 2.45) is 5.92 Å². The first-order valence-corrected chi connectivity index (χ1v) is 8.01. The Kier molecular flexibility index (Phi) is 6.11. The van der Waals surface area contributed by atoms with E-state index in [-0.39, 0.29) is 11.9 Å². The summed E-state index contributed by atoms with van der Waals surface area (Å²) in [5.41, 5.74) is 1.83. The van der Waals surface area contributed by atoms with E-state index in [9.17, 15) is 9.59 Å². The molecule has 130 valence electrons. The molecular formula is C16H23N5O3. The van der Waals surface area contributed by atoms with Gasteiger partial charge in [-0.05, 0) is 37.5 Å². The van der Waals surface area contributed by atoms with Gasteiger partial charge in [0, 0.05) is 18.2 Å². The molecule has 2 amide bonds. The normalized spacial score (nSPS) is 12.2. The summed E-state index contributed by atoms with van der Waals surface area (Å²) in [6, 6.07) is 4.90. The summed E-state index contributed by atoms with van der Waals surface area (Å²) >= 11 is 0. The lowest BCUT2D eigenvalue weighted by atomic mass is 10.0. The van der Waals surface area contributed by atoms with E-state index >= 15 is 0 Å². The Morgan fingerprint density at radius 2 is 2.00 bits per heavy atom. The molecule has 2 aromatic rings. The van der Waals surface area contributed by atoms with Crippen LogP contribution in [0.25, 0.3) is 11.0 Å². The van der Waals surface area contributed by atoms with Gasteiger partial charge in [0.2, 0.25) is 0 Å². The first kappa shape index (κ1) is 17.7. The molecule has 2 rings (SSSR count). The summed E-state index contributed by atoms with van der Waals surface area (Å²) in [6.07, 6.45) is 0.267. The van der Waals surface area contributed by atoms with Crippen molar-refractivity contribution in [2.45, 2.75) is 33.2 Å². The number of rotatable bonds is 7. The second-order valence-electron chi connectivity index (χ2n) is 5.93. The highest BCUT2D eigenvalue weighted by atomic mass is 16.5. The van der Waals surface area contributed by atoms with E-state index in [0.29, 0.717) is 35.7 Å². The van der Waals surface area contributed by atoms with Crippen LogP contribution in [0.5, 0.6) is 0 Å². The lowest BCUT2D eigenvalue weighted by Crippen LogP contribution is -2.44. The zero-order chi connectivity index (χ0) is 17.5. The number of ether oxygens (including phenoxy) is 1. The molecule has 1 heterocycles. The van der Waals surface area contributed by atoms with Gasteiger partial charge < -0.3 is 15.4 Å². The van der Waals surface area contributed by atoms with Gasteiger partial charge >= 0.3 is 6.09 Å². The summed E-state index contributed by atoms with van der Waals surface area (Å²) in [5.74, 6) is 0.152. The van der Waals surface area contributed by atoms with Crippen LogP contribution in [0.15, 0.2) is 18.2 Å². The number of hydrogen-bond acceptors (Lipinski definition) is 5. The number of nitrogens with one attached hydrogen (secondary N) is 3. The average Bonchev–Trinajstić information content (AvgIpc) is 2.99. The monoisotopic (exact) mass is 333 g/mol. The molecule has 1 unspecified atom stereocenters. The smallest absolute Gasteiger partial charge is 0.407 e. The largest absolute Gasteiger partial charge is 0.450 e. The van der Waals surface area contributed by atoms with Gasteiger partial charge in [-0.3, -0.25) is 4.79 Å². The minimum absolute atomic E-state index is 0.191. The number of aromatic amines is 1. The van der Waals surface area contributed by atoms with Crippen LogP contribution in [-0.4, -0.2) is 46.6 Å². The summed E-state index contributed by atoms with van der Waals surface area (Å²) in [4.78, 5) is 23.9. The second kappa shape index (κ2) is 8.28.